The number of carbonyl (C=O) groups excluding carboxylic acids is 1. The highest BCUT2D eigenvalue weighted by Crippen LogP contribution is 2.34. The van der Waals surface area contributed by atoms with E-state index in [9.17, 15) is 4.79 Å². The van der Waals surface area contributed by atoms with E-state index in [4.69, 9.17) is 14.2 Å². The number of nitrogens with one attached hydrogen (secondary N) is 1. The van der Waals surface area contributed by atoms with Gasteiger partial charge in [0.1, 0.15) is 22.9 Å². The Morgan fingerprint density at radius 1 is 1.07 bits per heavy atom. The Kier molecular flexibility index (Phi) is 6.03. The number of amidine groups is 1. The van der Waals surface area contributed by atoms with Crippen molar-refractivity contribution in [3.8, 4) is 17.2 Å². The number of methoxy groups -OCH3 is 2. The highest BCUT2D eigenvalue weighted by Gasteiger charge is 2.24. The van der Waals surface area contributed by atoms with E-state index in [0.717, 1.165) is 11.3 Å². The third kappa shape index (κ3) is 4.62. The average molecular weight is 384 g/mol. The molecule has 6 nitrogen and oxygen atoms in total. The van der Waals surface area contributed by atoms with Gasteiger partial charge in [-0.25, -0.2) is 4.99 Å². The van der Waals surface area contributed by atoms with Crippen LogP contribution in [0.3, 0.4) is 0 Å². The second-order valence-electron chi connectivity index (χ2n) is 5.52. The van der Waals surface area contributed by atoms with E-state index < -0.39 is 0 Å². The minimum absolute atomic E-state index is 0.180. The normalized spacial score (nSPS) is 16.5. The summed E-state index contributed by atoms with van der Waals surface area (Å²) in [6, 6.07) is 12.9. The summed E-state index contributed by atoms with van der Waals surface area (Å²) in [5.74, 6) is 1.87. The first-order chi connectivity index (χ1) is 13.1. The number of thioether (sulfide) groups is 1. The lowest BCUT2D eigenvalue weighted by Gasteiger charge is -2.07. The van der Waals surface area contributed by atoms with Crippen LogP contribution in [0.1, 0.15) is 12.5 Å². The van der Waals surface area contributed by atoms with E-state index >= 15 is 0 Å². The van der Waals surface area contributed by atoms with Crippen LogP contribution in [0.4, 0.5) is 5.69 Å². The first-order valence-corrected chi connectivity index (χ1v) is 9.19. The summed E-state index contributed by atoms with van der Waals surface area (Å²) >= 11 is 1.28. The van der Waals surface area contributed by atoms with Crippen LogP contribution in [0.2, 0.25) is 0 Å². The van der Waals surface area contributed by atoms with E-state index in [1.54, 1.807) is 32.4 Å². The van der Waals surface area contributed by atoms with Gasteiger partial charge in [0, 0.05) is 6.07 Å². The first kappa shape index (κ1) is 18.8. The molecule has 0 spiro atoms. The predicted octanol–water partition coefficient (Wildman–Crippen LogP) is 3.99. The molecule has 1 N–H and O–H groups in total. The third-order valence-electron chi connectivity index (χ3n) is 3.75. The first-order valence-electron chi connectivity index (χ1n) is 8.37. The van der Waals surface area contributed by atoms with Gasteiger partial charge in [-0.05, 0) is 54.6 Å². The fraction of sp³-hybridized carbons (Fsp3) is 0.200. The van der Waals surface area contributed by atoms with E-state index in [1.165, 1.54) is 11.8 Å². The second kappa shape index (κ2) is 8.64. The lowest BCUT2D eigenvalue weighted by molar-refractivity contribution is -0.115. The van der Waals surface area contributed by atoms with E-state index in [2.05, 4.69) is 10.3 Å². The quantitative estimate of drug-likeness (QED) is 0.763. The van der Waals surface area contributed by atoms with Gasteiger partial charge in [0.15, 0.2) is 5.17 Å². The lowest BCUT2D eigenvalue weighted by Crippen LogP contribution is -2.19. The molecule has 0 atom stereocenters. The maximum atomic E-state index is 12.2. The molecular weight excluding hydrogens is 364 g/mol. The monoisotopic (exact) mass is 384 g/mol. The van der Waals surface area contributed by atoms with Gasteiger partial charge in [0.25, 0.3) is 5.91 Å². The average Bonchev–Trinajstić information content (AvgIpc) is 3.02. The fourth-order valence-corrected chi connectivity index (χ4v) is 3.28. The van der Waals surface area contributed by atoms with Crippen LogP contribution in [0.25, 0.3) is 6.08 Å². The van der Waals surface area contributed by atoms with Gasteiger partial charge in [-0.3, -0.25) is 4.79 Å². The third-order valence-corrected chi connectivity index (χ3v) is 4.66. The fourth-order valence-electron chi connectivity index (χ4n) is 2.45. The zero-order valence-electron chi connectivity index (χ0n) is 15.3. The van der Waals surface area contributed by atoms with Crippen molar-refractivity contribution in [3.63, 3.8) is 0 Å². The van der Waals surface area contributed by atoms with Crippen LogP contribution >= 0.6 is 11.8 Å². The second-order valence-corrected chi connectivity index (χ2v) is 6.55. The van der Waals surface area contributed by atoms with Gasteiger partial charge >= 0.3 is 0 Å². The highest BCUT2D eigenvalue weighted by atomic mass is 32.2. The van der Waals surface area contributed by atoms with Crippen molar-refractivity contribution in [2.24, 2.45) is 4.99 Å². The molecular formula is C20H20N2O4S. The minimum atomic E-state index is -0.180. The number of hydrogen-bond acceptors (Lipinski definition) is 6. The number of nitrogens with zero attached hydrogens (tertiary/aromatic N) is 1. The molecule has 7 heteroatoms. The number of hydrogen-bond donors (Lipinski definition) is 1. The topological polar surface area (TPSA) is 69.2 Å². The molecule has 0 bridgehead atoms. The van der Waals surface area contributed by atoms with Crippen molar-refractivity contribution in [2.45, 2.75) is 6.92 Å². The summed E-state index contributed by atoms with van der Waals surface area (Å²) in [5.41, 5.74) is 1.53. The van der Waals surface area contributed by atoms with Crippen molar-refractivity contribution in [2.75, 3.05) is 20.8 Å². The lowest BCUT2D eigenvalue weighted by atomic mass is 10.2. The van der Waals surface area contributed by atoms with Crippen molar-refractivity contribution in [3.05, 3.63) is 52.9 Å². The largest absolute Gasteiger partial charge is 0.497 e. The molecule has 2 aromatic carbocycles. The van der Waals surface area contributed by atoms with E-state index in [0.29, 0.717) is 33.9 Å². The molecule has 1 aliphatic rings. The highest BCUT2D eigenvalue weighted by molar-refractivity contribution is 8.18. The standard InChI is InChI=1S/C20H20N2O4S/c1-4-26-14-7-5-13(6-8-14)11-18-19(23)22-20(27-18)21-16-10-9-15(24-2)12-17(16)25-3/h5-12H,4H2,1-3H3,(H,21,22,23)/b18-11-. The van der Waals surface area contributed by atoms with Gasteiger partial charge in [0.2, 0.25) is 0 Å². The van der Waals surface area contributed by atoms with E-state index in [-0.39, 0.29) is 5.91 Å². The summed E-state index contributed by atoms with van der Waals surface area (Å²) in [7, 11) is 3.15. The van der Waals surface area contributed by atoms with Crippen molar-refractivity contribution >= 4 is 34.6 Å². The molecule has 1 heterocycles. The maximum Gasteiger partial charge on any atom is 0.264 e. The van der Waals surface area contributed by atoms with Crippen LogP contribution in [0.5, 0.6) is 17.2 Å². The number of ether oxygens (including phenoxy) is 3. The van der Waals surface area contributed by atoms with Gasteiger partial charge in [-0.2, -0.15) is 0 Å². The Morgan fingerprint density at radius 3 is 2.48 bits per heavy atom. The molecule has 1 saturated heterocycles. The molecule has 0 aromatic heterocycles. The molecule has 0 unspecified atom stereocenters. The molecule has 3 rings (SSSR count). The zero-order chi connectivity index (χ0) is 19.2. The van der Waals surface area contributed by atoms with Crippen LogP contribution in [0, 0.1) is 0 Å². The Bertz CT molecular complexity index is 891. The molecule has 1 aliphatic heterocycles. The molecule has 0 radical (unpaired) electrons. The number of aliphatic imine (C=N–C) groups is 1. The number of rotatable bonds is 6. The van der Waals surface area contributed by atoms with Gasteiger partial charge in [0.05, 0.1) is 25.7 Å². The Hall–Kier alpha value is -2.93. The van der Waals surface area contributed by atoms with Gasteiger partial charge in [-0.15, -0.1) is 0 Å². The maximum absolute atomic E-state index is 12.2. The predicted molar refractivity (Wildman–Crippen MR) is 108 cm³/mol. The molecule has 1 amide bonds. The van der Waals surface area contributed by atoms with Gasteiger partial charge < -0.3 is 19.5 Å². The Labute approximate surface area is 162 Å². The summed E-state index contributed by atoms with van der Waals surface area (Å²) in [6.07, 6.45) is 1.82. The van der Waals surface area contributed by atoms with Crippen LogP contribution in [0.15, 0.2) is 52.4 Å². The van der Waals surface area contributed by atoms with Crippen LogP contribution in [-0.4, -0.2) is 31.9 Å². The summed E-state index contributed by atoms with van der Waals surface area (Å²) in [4.78, 5) is 17.3. The van der Waals surface area contributed by atoms with Crippen molar-refractivity contribution in [1.29, 1.82) is 0 Å². The van der Waals surface area contributed by atoms with Crippen molar-refractivity contribution in [1.82, 2.24) is 5.32 Å². The molecule has 0 aliphatic carbocycles. The number of carbonyl (C=O) groups is 1. The van der Waals surface area contributed by atoms with Crippen molar-refractivity contribution < 1.29 is 19.0 Å². The molecule has 27 heavy (non-hydrogen) atoms. The number of benzene rings is 2. The smallest absolute Gasteiger partial charge is 0.264 e. The molecule has 140 valence electrons. The SMILES string of the molecule is CCOc1ccc(/C=C2\SC(=Nc3ccc(OC)cc3OC)NC2=O)cc1. The van der Waals surface area contributed by atoms with E-state index in [1.807, 2.05) is 37.3 Å². The summed E-state index contributed by atoms with van der Waals surface area (Å²) < 4.78 is 16.0. The summed E-state index contributed by atoms with van der Waals surface area (Å²) in [6.45, 7) is 2.56. The molecule has 2 aromatic rings. The van der Waals surface area contributed by atoms with Gasteiger partial charge in [-0.1, -0.05) is 12.1 Å². The minimum Gasteiger partial charge on any atom is -0.497 e. The molecule has 0 saturated carbocycles. The Balaban J connectivity index is 1.79. The van der Waals surface area contributed by atoms with Crippen LogP contribution in [-0.2, 0) is 4.79 Å². The zero-order valence-corrected chi connectivity index (χ0v) is 16.1. The van der Waals surface area contributed by atoms with Crippen LogP contribution < -0.4 is 19.5 Å². The summed E-state index contributed by atoms with van der Waals surface area (Å²) in [5, 5.41) is 3.28. The Morgan fingerprint density at radius 2 is 1.81 bits per heavy atom. The molecule has 1 fully saturated rings. The number of amides is 1.